The molecule has 0 aliphatic heterocycles. The largest absolute Gasteiger partial charge is 0.480 e. The van der Waals surface area contributed by atoms with Gasteiger partial charge in [0.05, 0.1) is 0 Å². The van der Waals surface area contributed by atoms with Crippen LogP contribution in [0.3, 0.4) is 0 Å². The smallest absolute Gasteiger partial charge is 0.322 e. The minimum Gasteiger partial charge on any atom is -0.480 e. The Balaban J connectivity index is 4.70. The third kappa shape index (κ3) is 12.8. The number of hydrogen-bond acceptors (Lipinski definition) is 8. The number of allylic oxidation sites excluding steroid dienone is 3. The second-order valence-electron chi connectivity index (χ2n) is 5.29. The first-order chi connectivity index (χ1) is 13.2. The van der Waals surface area contributed by atoms with Crippen LogP contribution in [-0.4, -0.2) is 58.3 Å². The molecular formula is C16H24N4O6S2. The second kappa shape index (κ2) is 14.6. The SMILES string of the molecule is C=C(/C=C\C=C/N)SSCC(NC(=O)CCC(N)C(=O)O)C(=O)NCC(=O)O. The fourth-order valence-corrected chi connectivity index (χ4v) is 3.54. The molecule has 0 aromatic carbocycles. The van der Waals surface area contributed by atoms with E-state index in [0.29, 0.717) is 4.91 Å². The van der Waals surface area contributed by atoms with Crippen molar-refractivity contribution in [3.63, 3.8) is 0 Å². The molecule has 0 aliphatic rings. The maximum absolute atomic E-state index is 12.1. The van der Waals surface area contributed by atoms with Gasteiger partial charge in [-0.1, -0.05) is 34.2 Å². The summed E-state index contributed by atoms with van der Waals surface area (Å²) < 4.78 is 0. The van der Waals surface area contributed by atoms with Crippen molar-refractivity contribution in [3.05, 3.63) is 35.9 Å². The lowest BCUT2D eigenvalue weighted by molar-refractivity contribution is -0.139. The van der Waals surface area contributed by atoms with E-state index in [0.717, 1.165) is 0 Å². The maximum atomic E-state index is 12.1. The van der Waals surface area contributed by atoms with Crippen molar-refractivity contribution in [3.8, 4) is 0 Å². The van der Waals surface area contributed by atoms with Crippen LogP contribution in [-0.2, 0) is 19.2 Å². The van der Waals surface area contributed by atoms with Gasteiger partial charge in [-0.15, -0.1) is 0 Å². The molecule has 156 valence electrons. The lowest BCUT2D eigenvalue weighted by atomic mass is 10.1. The van der Waals surface area contributed by atoms with E-state index in [2.05, 4.69) is 17.2 Å². The predicted octanol–water partition coefficient (Wildman–Crippen LogP) is -0.212. The van der Waals surface area contributed by atoms with Crippen LogP contribution < -0.4 is 22.1 Å². The molecule has 28 heavy (non-hydrogen) atoms. The standard InChI is InChI=1S/C16H24N4O6S2/c1-10(4-2-3-7-17)28-27-9-12(15(24)19-8-14(22)23)20-13(21)6-5-11(18)16(25)26/h2-4,7,11-12H,1,5-6,8-9,17-18H2,(H,19,24)(H,20,21)(H,22,23)(H,25,26)/b4-2-,7-3-. The molecule has 0 bridgehead atoms. The van der Waals surface area contributed by atoms with Crippen LogP contribution >= 0.6 is 21.6 Å². The number of carboxylic acids is 2. The van der Waals surface area contributed by atoms with Crippen LogP contribution in [0.5, 0.6) is 0 Å². The summed E-state index contributed by atoms with van der Waals surface area (Å²) in [6, 6.07) is -2.20. The zero-order chi connectivity index (χ0) is 21.5. The molecule has 2 unspecified atom stereocenters. The molecular weight excluding hydrogens is 408 g/mol. The van der Waals surface area contributed by atoms with E-state index in [4.69, 9.17) is 21.7 Å². The van der Waals surface area contributed by atoms with Gasteiger partial charge >= 0.3 is 11.9 Å². The molecule has 0 heterocycles. The molecule has 0 aromatic rings. The number of amides is 2. The minimum absolute atomic E-state index is 0.0945. The lowest BCUT2D eigenvalue weighted by Gasteiger charge is -2.18. The van der Waals surface area contributed by atoms with Crippen molar-refractivity contribution in [1.29, 1.82) is 0 Å². The molecule has 0 aromatic heterocycles. The fraction of sp³-hybridized carbons (Fsp3) is 0.375. The summed E-state index contributed by atoms with van der Waals surface area (Å²) in [7, 11) is 2.49. The van der Waals surface area contributed by atoms with Gasteiger partial charge in [-0.2, -0.15) is 0 Å². The summed E-state index contributed by atoms with van der Waals surface area (Å²) in [4.78, 5) is 46.1. The van der Waals surface area contributed by atoms with E-state index in [9.17, 15) is 19.2 Å². The summed E-state index contributed by atoms with van der Waals surface area (Å²) in [5.41, 5.74) is 10.5. The molecule has 12 heteroatoms. The average Bonchev–Trinajstić information content (AvgIpc) is 2.63. The zero-order valence-corrected chi connectivity index (χ0v) is 16.6. The topological polar surface area (TPSA) is 185 Å². The zero-order valence-electron chi connectivity index (χ0n) is 15.0. The molecule has 0 radical (unpaired) electrons. The van der Waals surface area contributed by atoms with Crippen LogP contribution in [0.4, 0.5) is 0 Å². The van der Waals surface area contributed by atoms with Crippen LogP contribution in [0.2, 0.25) is 0 Å². The summed E-state index contributed by atoms with van der Waals surface area (Å²) >= 11 is 0. The van der Waals surface area contributed by atoms with Gasteiger partial charge in [0.25, 0.3) is 0 Å². The van der Waals surface area contributed by atoms with Gasteiger partial charge in [0.1, 0.15) is 18.6 Å². The van der Waals surface area contributed by atoms with Gasteiger partial charge in [-0.3, -0.25) is 19.2 Å². The molecule has 2 atom stereocenters. The first-order valence-corrected chi connectivity index (χ1v) is 10.3. The van der Waals surface area contributed by atoms with Gasteiger partial charge in [0.15, 0.2) is 0 Å². The summed E-state index contributed by atoms with van der Waals surface area (Å²) in [5.74, 6) is -3.55. The number of hydrogen-bond donors (Lipinski definition) is 6. The van der Waals surface area contributed by atoms with E-state index in [-0.39, 0.29) is 18.6 Å². The lowest BCUT2D eigenvalue weighted by Crippen LogP contribution is -2.49. The van der Waals surface area contributed by atoms with Crippen molar-refractivity contribution in [2.75, 3.05) is 12.3 Å². The van der Waals surface area contributed by atoms with Crippen molar-refractivity contribution >= 4 is 45.3 Å². The number of rotatable bonds is 14. The van der Waals surface area contributed by atoms with E-state index >= 15 is 0 Å². The van der Waals surface area contributed by atoms with Crippen LogP contribution in [0.1, 0.15) is 12.8 Å². The van der Waals surface area contributed by atoms with Crippen molar-refractivity contribution < 1.29 is 29.4 Å². The Labute approximate surface area is 170 Å². The Morgan fingerprint density at radius 3 is 2.43 bits per heavy atom. The molecule has 0 aliphatic carbocycles. The van der Waals surface area contributed by atoms with E-state index < -0.39 is 42.4 Å². The Hall–Kier alpha value is -2.44. The van der Waals surface area contributed by atoms with Crippen molar-refractivity contribution in [2.45, 2.75) is 24.9 Å². The van der Waals surface area contributed by atoms with Gasteiger partial charge < -0.3 is 32.3 Å². The molecule has 0 saturated carbocycles. The van der Waals surface area contributed by atoms with Crippen molar-refractivity contribution in [1.82, 2.24) is 10.6 Å². The van der Waals surface area contributed by atoms with Crippen LogP contribution in [0, 0.1) is 0 Å². The Kier molecular flexibility index (Phi) is 13.3. The Morgan fingerprint density at radius 1 is 1.18 bits per heavy atom. The average molecular weight is 433 g/mol. The van der Waals surface area contributed by atoms with E-state index in [1.807, 2.05) is 0 Å². The molecule has 0 fully saturated rings. The number of nitrogens with two attached hydrogens (primary N) is 2. The molecule has 0 spiro atoms. The highest BCUT2D eigenvalue weighted by molar-refractivity contribution is 8.78. The van der Waals surface area contributed by atoms with Gasteiger partial charge in [0.2, 0.25) is 11.8 Å². The van der Waals surface area contributed by atoms with Crippen molar-refractivity contribution in [2.24, 2.45) is 11.5 Å². The maximum Gasteiger partial charge on any atom is 0.322 e. The first-order valence-electron chi connectivity index (χ1n) is 7.98. The van der Waals surface area contributed by atoms with Crippen LogP contribution in [0.25, 0.3) is 0 Å². The monoisotopic (exact) mass is 432 g/mol. The summed E-state index contributed by atoms with van der Waals surface area (Å²) in [5, 5.41) is 22.0. The van der Waals surface area contributed by atoms with Gasteiger partial charge in [-0.25, -0.2) is 0 Å². The molecule has 0 rings (SSSR count). The summed E-state index contributed by atoms with van der Waals surface area (Å²) in [6.07, 6.45) is 6.07. The number of nitrogens with one attached hydrogen (secondary N) is 2. The quantitative estimate of drug-likeness (QED) is 0.158. The highest BCUT2D eigenvalue weighted by Crippen LogP contribution is 2.30. The Bertz CT molecular complexity index is 639. The van der Waals surface area contributed by atoms with E-state index in [1.54, 1.807) is 18.2 Å². The van der Waals surface area contributed by atoms with Crippen LogP contribution in [0.15, 0.2) is 35.9 Å². The second-order valence-corrected chi connectivity index (χ2v) is 7.76. The number of carboxylic acid groups (broad SMARTS) is 2. The minimum atomic E-state index is -1.23. The van der Waals surface area contributed by atoms with Gasteiger partial charge in [0, 0.05) is 17.1 Å². The normalized spacial score (nSPS) is 13.2. The number of carbonyl (C=O) groups is 4. The predicted molar refractivity (Wildman–Crippen MR) is 109 cm³/mol. The summed E-state index contributed by atoms with van der Waals surface area (Å²) in [6.45, 7) is 3.21. The third-order valence-corrected chi connectivity index (χ3v) is 5.31. The molecule has 10 nitrogen and oxygen atoms in total. The molecule has 8 N–H and O–H groups in total. The molecule has 2 amide bonds. The molecule has 0 saturated heterocycles. The van der Waals surface area contributed by atoms with Gasteiger partial charge in [-0.05, 0) is 24.8 Å². The highest BCUT2D eigenvalue weighted by atomic mass is 33.1. The highest BCUT2D eigenvalue weighted by Gasteiger charge is 2.22. The fourth-order valence-electron chi connectivity index (χ4n) is 1.58. The van der Waals surface area contributed by atoms with E-state index in [1.165, 1.54) is 27.8 Å². The Morgan fingerprint density at radius 2 is 1.86 bits per heavy atom. The third-order valence-electron chi connectivity index (χ3n) is 2.97. The number of carbonyl (C=O) groups excluding carboxylic acids is 2. The first kappa shape index (κ1) is 25.6. The number of aliphatic carboxylic acids is 2.